The van der Waals surface area contributed by atoms with Crippen LogP contribution in [0.25, 0.3) is 0 Å². The number of carboxylic acid groups (broad SMARTS) is 1. The molecule has 24 heavy (non-hydrogen) atoms. The van der Waals surface area contributed by atoms with E-state index in [-0.39, 0.29) is 25.6 Å². The van der Waals surface area contributed by atoms with Gasteiger partial charge in [0.2, 0.25) is 0 Å². The first kappa shape index (κ1) is 18.9. The number of phenolic OH excluding ortho intramolecular Hbond substituents is 1. The van der Waals surface area contributed by atoms with Crippen LogP contribution < -0.4 is 5.56 Å². The molecule has 1 aromatic carbocycles. The molecule has 0 radical (unpaired) electrons. The molecule has 0 spiro atoms. The molecule has 0 saturated heterocycles. The van der Waals surface area contributed by atoms with E-state index in [0.717, 1.165) is 0 Å². The van der Waals surface area contributed by atoms with Gasteiger partial charge in [0.25, 0.3) is 5.56 Å². The lowest BCUT2D eigenvalue weighted by Crippen LogP contribution is -2.23. The second kappa shape index (κ2) is 6.79. The van der Waals surface area contributed by atoms with E-state index in [1.165, 1.54) is 12.1 Å². The number of carbonyl (C=O) groups is 1. The van der Waals surface area contributed by atoms with E-state index in [4.69, 9.17) is 39.9 Å². The molecular weight excluding hydrogens is 411 g/mol. The first-order valence-electron chi connectivity index (χ1n) is 5.95. The lowest BCUT2D eigenvalue weighted by molar-refractivity contribution is 0.0686. The Hall–Kier alpha value is -1.48. The van der Waals surface area contributed by atoms with Gasteiger partial charge in [-0.3, -0.25) is 4.79 Å². The van der Waals surface area contributed by atoms with Gasteiger partial charge in [0, 0.05) is 4.90 Å². The number of rotatable bonds is 4. The first-order chi connectivity index (χ1) is 11.0. The number of nitrogens with one attached hydrogen (secondary N) is 1. The fourth-order valence-electron chi connectivity index (χ4n) is 1.70. The zero-order chi connectivity index (χ0) is 18.2. The summed E-state index contributed by atoms with van der Waals surface area (Å²) in [5.74, 6) is -2.00. The average molecular weight is 417 g/mol. The van der Waals surface area contributed by atoms with Crippen LogP contribution >= 0.6 is 46.6 Å². The molecule has 0 aliphatic heterocycles. The summed E-state index contributed by atoms with van der Waals surface area (Å²) >= 11 is 17.2. The Morgan fingerprint density at radius 2 is 1.92 bits per heavy atom. The summed E-state index contributed by atoms with van der Waals surface area (Å²) < 4.78 is 26.5. The van der Waals surface area contributed by atoms with Crippen molar-refractivity contribution in [3.05, 3.63) is 49.9 Å². The molecule has 1 aromatic heterocycles. The summed E-state index contributed by atoms with van der Waals surface area (Å²) in [4.78, 5) is 24.4. The Morgan fingerprint density at radius 1 is 1.29 bits per heavy atom. The van der Waals surface area contributed by atoms with Gasteiger partial charge >= 0.3 is 11.4 Å². The fourth-order valence-corrected chi connectivity index (χ4v) is 3.44. The maximum absolute atomic E-state index is 13.3. The molecule has 0 amide bonds. The standard InChI is InChI=1S/C13H6Cl3F2NO4S/c14-4-1-2-5(20)9(15)10(4)24-6-3-7(13(16,17)18)19-11(21)8(6)12(22)23/h1-3,20H,(H,19,21)(H,22,23). The van der Waals surface area contributed by atoms with Crippen molar-refractivity contribution in [3.8, 4) is 5.75 Å². The Kier molecular flexibility index (Phi) is 5.34. The Morgan fingerprint density at radius 3 is 2.46 bits per heavy atom. The summed E-state index contributed by atoms with van der Waals surface area (Å²) in [5.41, 5.74) is -3.05. The number of hydrogen-bond acceptors (Lipinski definition) is 4. The number of pyridine rings is 1. The number of carboxylic acids is 1. The highest BCUT2D eigenvalue weighted by Crippen LogP contribution is 2.44. The number of aromatic nitrogens is 1. The number of aromatic hydroxyl groups is 1. The highest BCUT2D eigenvalue weighted by molar-refractivity contribution is 7.99. The molecule has 5 nitrogen and oxygen atoms in total. The Balaban J connectivity index is 2.70. The molecule has 0 atom stereocenters. The van der Waals surface area contributed by atoms with Crippen LogP contribution in [0, 0.1) is 0 Å². The molecule has 11 heteroatoms. The number of hydrogen-bond donors (Lipinski definition) is 3. The topological polar surface area (TPSA) is 90.4 Å². The smallest absolute Gasteiger partial charge is 0.362 e. The van der Waals surface area contributed by atoms with Gasteiger partial charge in [-0.2, -0.15) is 8.78 Å². The predicted molar refractivity (Wildman–Crippen MR) is 86.0 cm³/mol. The Bertz CT molecular complexity index is 883. The highest BCUT2D eigenvalue weighted by Gasteiger charge is 2.32. The zero-order valence-electron chi connectivity index (χ0n) is 11.2. The average Bonchev–Trinajstić information content (AvgIpc) is 2.45. The second-order valence-corrected chi connectivity index (χ2v) is 6.68. The van der Waals surface area contributed by atoms with Crippen molar-refractivity contribution in [2.45, 2.75) is 15.2 Å². The van der Waals surface area contributed by atoms with E-state index in [1.54, 1.807) is 4.98 Å². The minimum Gasteiger partial charge on any atom is -0.506 e. The highest BCUT2D eigenvalue weighted by atomic mass is 35.5. The lowest BCUT2D eigenvalue weighted by atomic mass is 10.2. The largest absolute Gasteiger partial charge is 0.506 e. The summed E-state index contributed by atoms with van der Waals surface area (Å²) in [7, 11) is 0. The summed E-state index contributed by atoms with van der Waals surface area (Å²) in [6, 6.07) is 3.18. The number of aromatic amines is 1. The van der Waals surface area contributed by atoms with Crippen molar-refractivity contribution in [2.24, 2.45) is 0 Å². The van der Waals surface area contributed by atoms with Gasteiger partial charge in [-0.05, 0) is 29.8 Å². The van der Waals surface area contributed by atoms with Crippen LogP contribution in [0.2, 0.25) is 10.0 Å². The molecular formula is C13H6Cl3F2NO4S. The molecule has 2 aromatic rings. The van der Waals surface area contributed by atoms with Gasteiger partial charge in [-0.1, -0.05) is 35.0 Å². The molecule has 0 unspecified atom stereocenters. The maximum atomic E-state index is 13.3. The lowest BCUT2D eigenvalue weighted by Gasteiger charge is -2.13. The number of H-pyrrole nitrogens is 1. The van der Waals surface area contributed by atoms with E-state index in [0.29, 0.717) is 17.8 Å². The fraction of sp³-hybridized carbons (Fsp3) is 0.0769. The molecule has 1 heterocycles. The molecule has 0 bridgehead atoms. The molecule has 0 aliphatic rings. The van der Waals surface area contributed by atoms with Gasteiger partial charge < -0.3 is 15.2 Å². The van der Waals surface area contributed by atoms with Crippen molar-refractivity contribution in [2.75, 3.05) is 0 Å². The van der Waals surface area contributed by atoms with E-state index in [1.807, 2.05) is 0 Å². The Labute approximate surface area is 152 Å². The molecule has 0 aliphatic carbocycles. The quantitative estimate of drug-likeness (QED) is 0.637. The van der Waals surface area contributed by atoms with Gasteiger partial charge in [-0.25, -0.2) is 4.79 Å². The summed E-state index contributed by atoms with van der Waals surface area (Å²) in [6.45, 7) is 0. The van der Waals surface area contributed by atoms with Crippen molar-refractivity contribution < 1.29 is 23.8 Å². The van der Waals surface area contributed by atoms with Crippen LogP contribution in [0.4, 0.5) is 8.78 Å². The minimum absolute atomic E-state index is 0.00438. The molecule has 2 rings (SSSR count). The van der Waals surface area contributed by atoms with E-state index >= 15 is 0 Å². The summed E-state index contributed by atoms with van der Waals surface area (Å²) in [6.07, 6.45) is 0. The van der Waals surface area contributed by atoms with Crippen LogP contribution in [0.3, 0.4) is 0 Å². The molecule has 0 saturated carbocycles. The van der Waals surface area contributed by atoms with Crippen LogP contribution in [0.1, 0.15) is 16.1 Å². The minimum atomic E-state index is -3.92. The predicted octanol–water partition coefficient (Wildman–Crippen LogP) is 4.52. The zero-order valence-corrected chi connectivity index (χ0v) is 14.3. The van der Waals surface area contributed by atoms with Crippen molar-refractivity contribution in [1.29, 1.82) is 0 Å². The van der Waals surface area contributed by atoms with Gasteiger partial charge in [-0.15, -0.1) is 0 Å². The number of benzene rings is 1. The SMILES string of the molecule is O=C(O)c1c(Sc2c(Cl)ccc(O)c2Cl)cc(C(F)(F)Cl)[nH]c1=O. The molecule has 3 N–H and O–H groups in total. The third-order valence-electron chi connectivity index (χ3n) is 2.76. The van der Waals surface area contributed by atoms with Crippen molar-refractivity contribution in [1.82, 2.24) is 4.98 Å². The van der Waals surface area contributed by atoms with Crippen molar-refractivity contribution >= 4 is 52.5 Å². The van der Waals surface area contributed by atoms with Crippen LogP contribution in [0.15, 0.2) is 32.8 Å². The maximum Gasteiger partial charge on any atom is 0.362 e. The van der Waals surface area contributed by atoms with Crippen LogP contribution in [-0.4, -0.2) is 21.2 Å². The third kappa shape index (κ3) is 3.77. The number of phenols is 1. The number of halogens is 5. The molecule has 128 valence electrons. The van der Waals surface area contributed by atoms with Gasteiger partial charge in [0.1, 0.15) is 17.0 Å². The monoisotopic (exact) mass is 415 g/mol. The van der Waals surface area contributed by atoms with Gasteiger partial charge in [0.15, 0.2) is 0 Å². The van der Waals surface area contributed by atoms with E-state index in [2.05, 4.69) is 0 Å². The second-order valence-electron chi connectivity index (χ2n) is 4.37. The van der Waals surface area contributed by atoms with Crippen LogP contribution in [-0.2, 0) is 5.38 Å². The summed E-state index contributed by atoms with van der Waals surface area (Å²) in [5, 5.41) is 14.6. The van der Waals surface area contributed by atoms with Crippen molar-refractivity contribution in [3.63, 3.8) is 0 Å². The third-order valence-corrected chi connectivity index (χ3v) is 5.05. The normalized spacial score (nSPS) is 11.5. The van der Waals surface area contributed by atoms with Crippen LogP contribution in [0.5, 0.6) is 5.75 Å². The number of alkyl halides is 3. The van der Waals surface area contributed by atoms with E-state index < -0.39 is 28.2 Å². The van der Waals surface area contributed by atoms with Gasteiger partial charge in [0.05, 0.1) is 14.9 Å². The van der Waals surface area contributed by atoms with E-state index in [9.17, 15) is 23.5 Å². The first-order valence-corrected chi connectivity index (χ1v) is 7.90. The molecule has 0 fully saturated rings. The number of aromatic carboxylic acids is 1.